The van der Waals surface area contributed by atoms with Gasteiger partial charge in [0.05, 0.1) is 25.5 Å². The molecule has 0 bridgehead atoms. The summed E-state index contributed by atoms with van der Waals surface area (Å²) in [5.74, 6) is 2.08. The van der Waals surface area contributed by atoms with Crippen LogP contribution in [0.4, 0.5) is 11.5 Å². The van der Waals surface area contributed by atoms with Gasteiger partial charge in [0.2, 0.25) is 0 Å². The number of nitrogen functional groups attached to an aromatic ring is 1. The molecule has 0 radical (unpaired) electrons. The van der Waals surface area contributed by atoms with Gasteiger partial charge in [-0.1, -0.05) is 29.3 Å². The normalized spacial score (nSPS) is 16.4. The Balaban J connectivity index is 1.46. The summed E-state index contributed by atoms with van der Waals surface area (Å²) in [6, 6.07) is 8.71. The van der Waals surface area contributed by atoms with Crippen molar-refractivity contribution < 1.29 is 8.95 Å². The molecule has 1 aromatic carbocycles. The molecule has 11 heteroatoms. The maximum absolute atomic E-state index is 12.9. The molecule has 1 fully saturated rings. The van der Waals surface area contributed by atoms with E-state index in [-0.39, 0.29) is 5.71 Å². The number of pyridine rings is 2. The highest BCUT2D eigenvalue weighted by atomic mass is 35.5. The minimum atomic E-state index is -2.27. The fourth-order valence-corrected chi connectivity index (χ4v) is 6.51. The highest BCUT2D eigenvalue weighted by molar-refractivity contribution is 7.93. The van der Waals surface area contributed by atoms with Gasteiger partial charge < -0.3 is 20.8 Å². The van der Waals surface area contributed by atoms with Crippen LogP contribution in [0.15, 0.2) is 59.4 Å². The summed E-state index contributed by atoms with van der Waals surface area (Å²) >= 11 is 12.5. The average Bonchev–Trinajstić information content (AvgIpc) is 2.86. The molecular formula is C26H28Cl2N6O2S. The smallest absolute Gasteiger partial charge is 0.161 e. The predicted molar refractivity (Wildman–Crippen MR) is 152 cm³/mol. The van der Waals surface area contributed by atoms with Gasteiger partial charge in [0, 0.05) is 60.0 Å². The second-order valence-electron chi connectivity index (χ2n) is 8.80. The molecule has 3 heterocycles. The van der Waals surface area contributed by atoms with Crippen LogP contribution < -0.4 is 10.5 Å². The Hall–Kier alpha value is -2.98. The summed E-state index contributed by atoms with van der Waals surface area (Å²) in [6.07, 6.45) is 7.64. The van der Waals surface area contributed by atoms with E-state index in [1.807, 2.05) is 20.0 Å². The topological polar surface area (TPSA) is 118 Å². The zero-order chi connectivity index (χ0) is 26.6. The molecule has 3 aromatic rings. The first kappa shape index (κ1) is 27.1. The molecule has 1 atom stereocenters. The van der Waals surface area contributed by atoms with Crippen LogP contribution in [0.2, 0.25) is 10.0 Å². The molecule has 2 aromatic heterocycles. The first-order valence-electron chi connectivity index (χ1n) is 11.6. The first-order valence-corrected chi connectivity index (χ1v) is 14.2. The van der Waals surface area contributed by atoms with E-state index in [4.69, 9.17) is 39.1 Å². The van der Waals surface area contributed by atoms with Crippen LogP contribution in [0.1, 0.15) is 29.7 Å². The molecule has 1 aliphatic rings. The number of anilines is 1. The fraction of sp³-hybridized carbons (Fsp3) is 0.269. The Kier molecular flexibility index (Phi) is 8.49. The molecule has 1 aliphatic heterocycles. The molecule has 37 heavy (non-hydrogen) atoms. The number of allylic oxidation sites excluding steroid dienone is 1. The van der Waals surface area contributed by atoms with Crippen molar-refractivity contribution in [1.29, 1.82) is 5.41 Å². The van der Waals surface area contributed by atoms with E-state index in [1.165, 1.54) is 12.4 Å². The Morgan fingerprint density at radius 2 is 1.89 bits per heavy atom. The van der Waals surface area contributed by atoms with Crippen molar-refractivity contribution in [2.24, 2.45) is 4.36 Å². The number of halogens is 2. The van der Waals surface area contributed by atoms with E-state index in [0.29, 0.717) is 49.9 Å². The monoisotopic (exact) mass is 558 g/mol. The number of nitrogens with zero attached hydrogens (tertiary/aromatic N) is 4. The minimum absolute atomic E-state index is 0.207. The van der Waals surface area contributed by atoms with E-state index in [0.717, 1.165) is 18.7 Å². The SMILES string of the molecule is CC(Oc1ccc(N)c(C(=N)/C=C/c2ccc(N=S3(=O)CCN(C)CC3)nc2)c1)c1c(Cl)cncc1Cl. The van der Waals surface area contributed by atoms with Gasteiger partial charge in [-0.15, -0.1) is 0 Å². The van der Waals surface area contributed by atoms with Crippen LogP contribution in [0.5, 0.6) is 5.75 Å². The number of aromatic nitrogens is 2. The Morgan fingerprint density at radius 3 is 2.54 bits per heavy atom. The summed E-state index contributed by atoms with van der Waals surface area (Å²) in [7, 11) is -0.250. The summed E-state index contributed by atoms with van der Waals surface area (Å²) in [6.45, 7) is 3.37. The zero-order valence-corrected chi connectivity index (χ0v) is 22.9. The molecule has 1 unspecified atom stereocenters. The van der Waals surface area contributed by atoms with Crippen molar-refractivity contribution >= 4 is 56.2 Å². The van der Waals surface area contributed by atoms with Crippen molar-refractivity contribution in [3.05, 3.63) is 81.7 Å². The molecule has 0 saturated carbocycles. The Bertz CT molecular complexity index is 1420. The van der Waals surface area contributed by atoms with Crippen LogP contribution in [0.3, 0.4) is 0 Å². The van der Waals surface area contributed by atoms with Gasteiger partial charge in [-0.05, 0) is 55.9 Å². The lowest BCUT2D eigenvalue weighted by atomic mass is 10.1. The third-order valence-electron chi connectivity index (χ3n) is 5.98. The second kappa shape index (κ2) is 11.6. The summed E-state index contributed by atoms with van der Waals surface area (Å²) < 4.78 is 23.4. The van der Waals surface area contributed by atoms with E-state index in [9.17, 15) is 4.21 Å². The van der Waals surface area contributed by atoms with Gasteiger partial charge in [0.15, 0.2) is 5.82 Å². The van der Waals surface area contributed by atoms with Crippen LogP contribution in [-0.4, -0.2) is 56.4 Å². The standard InChI is InChI=1S/C26H28Cl2N6O2S/c1-17(26-21(27)15-31-16-22(26)28)36-19-5-7-24(30)20(13-19)23(29)6-3-18-4-8-25(32-14-18)33-37(35)11-9-34(2)10-12-37/h3-8,13-17,29H,9-12,30H2,1-2H3/b6-3+,29-23?. The van der Waals surface area contributed by atoms with Crippen molar-refractivity contribution in [1.82, 2.24) is 14.9 Å². The number of nitrogens with two attached hydrogens (primary N) is 1. The molecule has 0 spiro atoms. The second-order valence-corrected chi connectivity index (χ2v) is 12.2. The van der Waals surface area contributed by atoms with Crippen LogP contribution >= 0.6 is 23.2 Å². The minimum Gasteiger partial charge on any atom is -0.486 e. The van der Waals surface area contributed by atoms with Gasteiger partial charge in [0.25, 0.3) is 0 Å². The molecule has 0 amide bonds. The third kappa shape index (κ3) is 6.87. The highest BCUT2D eigenvalue weighted by Crippen LogP contribution is 2.33. The third-order valence-corrected chi connectivity index (χ3v) is 8.74. The predicted octanol–water partition coefficient (Wildman–Crippen LogP) is 5.63. The first-order chi connectivity index (χ1) is 17.6. The van der Waals surface area contributed by atoms with Crippen molar-refractivity contribution in [2.75, 3.05) is 37.4 Å². The molecule has 3 N–H and O–H groups in total. The largest absolute Gasteiger partial charge is 0.486 e. The number of hydrogen-bond donors (Lipinski definition) is 2. The van der Waals surface area contributed by atoms with Crippen LogP contribution in [0, 0.1) is 5.41 Å². The Labute approximate surface area is 227 Å². The molecule has 1 saturated heterocycles. The highest BCUT2D eigenvalue weighted by Gasteiger charge is 2.19. The van der Waals surface area contributed by atoms with Crippen LogP contribution in [-0.2, 0) is 9.73 Å². The number of hydrogen-bond acceptors (Lipinski definition) is 8. The van der Waals surface area contributed by atoms with Gasteiger partial charge in [-0.25, -0.2) is 9.19 Å². The quantitative estimate of drug-likeness (QED) is 0.286. The molecule has 8 nitrogen and oxygen atoms in total. The van der Waals surface area contributed by atoms with Gasteiger partial charge in [-0.3, -0.25) is 4.98 Å². The summed E-state index contributed by atoms with van der Waals surface area (Å²) in [5, 5.41) is 9.36. The van der Waals surface area contributed by atoms with Gasteiger partial charge in [0.1, 0.15) is 11.9 Å². The lowest BCUT2D eigenvalue weighted by molar-refractivity contribution is 0.227. The van der Waals surface area contributed by atoms with Crippen molar-refractivity contribution in [3.8, 4) is 5.75 Å². The zero-order valence-electron chi connectivity index (χ0n) is 20.5. The Morgan fingerprint density at radius 1 is 1.19 bits per heavy atom. The number of nitrogens with one attached hydrogen (secondary N) is 1. The molecular weight excluding hydrogens is 531 g/mol. The van der Waals surface area contributed by atoms with Gasteiger partial charge in [-0.2, -0.15) is 4.36 Å². The van der Waals surface area contributed by atoms with E-state index in [1.54, 1.807) is 42.6 Å². The maximum Gasteiger partial charge on any atom is 0.161 e. The number of ether oxygens (including phenoxy) is 1. The van der Waals surface area contributed by atoms with Crippen molar-refractivity contribution in [3.63, 3.8) is 0 Å². The molecule has 4 rings (SSSR count). The molecule has 194 valence electrons. The summed E-state index contributed by atoms with van der Waals surface area (Å²) in [5.41, 5.74) is 8.73. The fourth-order valence-electron chi connectivity index (χ4n) is 3.81. The summed E-state index contributed by atoms with van der Waals surface area (Å²) in [4.78, 5) is 10.5. The van der Waals surface area contributed by atoms with E-state index >= 15 is 0 Å². The number of benzene rings is 1. The lowest BCUT2D eigenvalue weighted by Gasteiger charge is -2.24. The lowest BCUT2D eigenvalue weighted by Crippen LogP contribution is -2.37. The average molecular weight is 560 g/mol. The molecule has 0 aliphatic carbocycles. The van der Waals surface area contributed by atoms with E-state index in [2.05, 4.69) is 19.2 Å². The van der Waals surface area contributed by atoms with E-state index < -0.39 is 15.8 Å². The number of rotatable bonds is 7. The van der Waals surface area contributed by atoms with Crippen molar-refractivity contribution in [2.45, 2.75) is 13.0 Å². The van der Waals surface area contributed by atoms with Gasteiger partial charge >= 0.3 is 0 Å². The van der Waals surface area contributed by atoms with Crippen LogP contribution in [0.25, 0.3) is 6.08 Å². The maximum atomic E-state index is 12.9.